The lowest BCUT2D eigenvalue weighted by Crippen LogP contribution is -2.27. The van der Waals surface area contributed by atoms with Crippen LogP contribution >= 0.6 is 11.3 Å². The Hall–Kier alpha value is -1.52. The van der Waals surface area contributed by atoms with Crippen molar-refractivity contribution < 1.29 is 23.1 Å². The van der Waals surface area contributed by atoms with Crippen LogP contribution in [-0.2, 0) is 11.3 Å². The number of carbonyl (C=O) groups excluding carboxylic acids is 1. The lowest BCUT2D eigenvalue weighted by Gasteiger charge is -2.06. The van der Waals surface area contributed by atoms with Crippen LogP contribution in [0.15, 0.2) is 11.4 Å². The van der Waals surface area contributed by atoms with Crippen LogP contribution < -0.4 is 5.32 Å². The van der Waals surface area contributed by atoms with E-state index in [2.05, 4.69) is 17.2 Å². The third-order valence-electron chi connectivity index (χ3n) is 1.79. The molecule has 0 radical (unpaired) electrons. The van der Waals surface area contributed by atoms with Crippen molar-refractivity contribution in [1.82, 2.24) is 5.32 Å². The molecule has 0 fully saturated rings. The third kappa shape index (κ3) is 5.70. The van der Waals surface area contributed by atoms with Gasteiger partial charge in [0, 0.05) is 15.8 Å². The zero-order chi connectivity index (χ0) is 13.6. The van der Waals surface area contributed by atoms with E-state index in [1.807, 2.05) is 0 Å². The number of rotatable bonds is 3. The molecule has 0 saturated heterocycles. The molecular weight excluding hydrogens is 267 g/mol. The van der Waals surface area contributed by atoms with Crippen molar-refractivity contribution in [3.63, 3.8) is 0 Å². The Kier molecular flexibility index (Phi) is 5.19. The van der Waals surface area contributed by atoms with E-state index in [0.29, 0.717) is 10.4 Å². The predicted octanol–water partition coefficient (Wildman–Crippen LogP) is 1.66. The molecule has 0 aromatic carbocycles. The van der Waals surface area contributed by atoms with Gasteiger partial charge in [-0.3, -0.25) is 4.79 Å². The van der Waals surface area contributed by atoms with Crippen LogP contribution in [0.4, 0.5) is 13.2 Å². The van der Waals surface area contributed by atoms with Gasteiger partial charge in [-0.2, -0.15) is 13.2 Å². The van der Waals surface area contributed by atoms with E-state index in [1.54, 1.807) is 11.4 Å². The second-order valence-corrected chi connectivity index (χ2v) is 4.33. The Morgan fingerprint density at radius 1 is 1.50 bits per heavy atom. The molecule has 1 aromatic heterocycles. The molecule has 0 saturated carbocycles. The molecule has 0 unspecified atom stereocenters. The number of hydrogen-bond donors (Lipinski definition) is 2. The molecule has 0 atom stereocenters. The van der Waals surface area contributed by atoms with Gasteiger partial charge in [0.2, 0.25) is 5.91 Å². The SMILES string of the molecule is O=C(CC(F)(F)F)NCc1cc(C#CCO)cs1. The minimum Gasteiger partial charge on any atom is -0.384 e. The minimum absolute atomic E-state index is 0.0420. The van der Waals surface area contributed by atoms with Crippen molar-refractivity contribution in [2.45, 2.75) is 19.1 Å². The topological polar surface area (TPSA) is 49.3 Å². The number of alkyl halides is 3. The molecule has 0 aliphatic rings. The molecule has 0 spiro atoms. The van der Waals surface area contributed by atoms with Crippen LogP contribution in [-0.4, -0.2) is 23.8 Å². The molecule has 7 heteroatoms. The molecule has 1 rings (SSSR count). The molecule has 0 bridgehead atoms. The van der Waals surface area contributed by atoms with Crippen molar-refractivity contribution >= 4 is 17.2 Å². The lowest BCUT2D eigenvalue weighted by atomic mass is 10.3. The summed E-state index contributed by atoms with van der Waals surface area (Å²) in [5.74, 6) is 4.05. The van der Waals surface area contributed by atoms with Crippen molar-refractivity contribution in [2.75, 3.05) is 6.61 Å². The number of carbonyl (C=O) groups is 1. The molecule has 0 aliphatic carbocycles. The van der Waals surface area contributed by atoms with Crippen molar-refractivity contribution in [3.8, 4) is 11.8 Å². The Morgan fingerprint density at radius 3 is 2.83 bits per heavy atom. The maximum atomic E-state index is 11.9. The first kappa shape index (κ1) is 14.5. The molecule has 0 aliphatic heterocycles. The van der Waals surface area contributed by atoms with E-state index in [1.165, 1.54) is 11.3 Å². The van der Waals surface area contributed by atoms with Gasteiger partial charge >= 0.3 is 6.18 Å². The fraction of sp³-hybridized carbons (Fsp3) is 0.364. The van der Waals surface area contributed by atoms with Crippen LogP contribution in [0.2, 0.25) is 0 Å². The van der Waals surface area contributed by atoms with Gasteiger partial charge in [-0.05, 0) is 6.07 Å². The average Bonchev–Trinajstić information content (AvgIpc) is 2.69. The number of nitrogens with one attached hydrogen (secondary N) is 1. The first-order valence-electron chi connectivity index (χ1n) is 4.91. The summed E-state index contributed by atoms with van der Waals surface area (Å²) < 4.78 is 35.6. The Balaban J connectivity index is 2.44. The summed E-state index contributed by atoms with van der Waals surface area (Å²) in [6, 6.07) is 1.65. The van der Waals surface area contributed by atoms with Gasteiger partial charge in [-0.25, -0.2) is 0 Å². The first-order valence-corrected chi connectivity index (χ1v) is 5.79. The van der Waals surface area contributed by atoms with Gasteiger partial charge < -0.3 is 10.4 Å². The van der Waals surface area contributed by atoms with Crippen LogP contribution in [0.25, 0.3) is 0 Å². The van der Waals surface area contributed by atoms with Crippen LogP contribution in [0.5, 0.6) is 0 Å². The predicted molar refractivity (Wildman–Crippen MR) is 60.8 cm³/mol. The van der Waals surface area contributed by atoms with E-state index in [9.17, 15) is 18.0 Å². The van der Waals surface area contributed by atoms with E-state index in [0.717, 1.165) is 0 Å². The standard InChI is InChI=1S/C11H10F3NO2S/c12-11(13,14)5-10(17)15-6-9-4-8(7-18-9)2-1-3-16/h4,7,16H,3,5-6H2,(H,15,17). The van der Waals surface area contributed by atoms with E-state index in [-0.39, 0.29) is 13.2 Å². The number of aliphatic hydroxyl groups is 1. The molecule has 98 valence electrons. The zero-order valence-corrected chi connectivity index (χ0v) is 9.99. The molecule has 2 N–H and O–H groups in total. The smallest absolute Gasteiger partial charge is 0.384 e. The largest absolute Gasteiger partial charge is 0.397 e. The summed E-state index contributed by atoms with van der Waals surface area (Å²) in [4.78, 5) is 11.6. The summed E-state index contributed by atoms with van der Waals surface area (Å²) in [7, 11) is 0. The second kappa shape index (κ2) is 6.42. The quantitative estimate of drug-likeness (QED) is 0.826. The minimum atomic E-state index is -4.49. The summed E-state index contributed by atoms with van der Waals surface area (Å²) in [6.07, 6.45) is -5.97. The van der Waals surface area contributed by atoms with Gasteiger partial charge in [-0.15, -0.1) is 11.3 Å². The van der Waals surface area contributed by atoms with Crippen molar-refractivity contribution in [1.29, 1.82) is 0 Å². The number of halogens is 3. The fourth-order valence-electron chi connectivity index (χ4n) is 1.11. The third-order valence-corrected chi connectivity index (χ3v) is 2.72. The molecule has 1 aromatic rings. The fourth-order valence-corrected chi connectivity index (χ4v) is 1.87. The summed E-state index contributed by atoms with van der Waals surface area (Å²) in [5, 5.41) is 12.4. The Labute approximate surface area is 106 Å². The molecule has 18 heavy (non-hydrogen) atoms. The number of thiophene rings is 1. The highest BCUT2D eigenvalue weighted by Crippen LogP contribution is 2.19. The van der Waals surface area contributed by atoms with Crippen molar-refractivity contribution in [3.05, 3.63) is 21.9 Å². The summed E-state index contributed by atoms with van der Waals surface area (Å²) in [5.41, 5.74) is 0.661. The van der Waals surface area contributed by atoms with Crippen LogP contribution in [0.1, 0.15) is 16.9 Å². The van der Waals surface area contributed by atoms with Gasteiger partial charge in [0.05, 0.1) is 6.54 Å². The first-order chi connectivity index (χ1) is 8.40. The van der Waals surface area contributed by atoms with E-state index >= 15 is 0 Å². The maximum Gasteiger partial charge on any atom is 0.397 e. The summed E-state index contributed by atoms with van der Waals surface area (Å²) >= 11 is 1.28. The number of hydrogen-bond acceptors (Lipinski definition) is 3. The Morgan fingerprint density at radius 2 is 2.22 bits per heavy atom. The van der Waals surface area contributed by atoms with Gasteiger partial charge in [0.1, 0.15) is 13.0 Å². The Bertz CT molecular complexity index is 471. The average molecular weight is 277 g/mol. The van der Waals surface area contributed by atoms with Gasteiger partial charge in [0.25, 0.3) is 0 Å². The summed E-state index contributed by atoms with van der Waals surface area (Å²) in [6.45, 7) is -0.214. The lowest BCUT2D eigenvalue weighted by molar-refractivity contribution is -0.153. The normalized spacial score (nSPS) is 10.7. The molecule has 1 amide bonds. The number of aliphatic hydroxyl groups excluding tert-OH is 1. The van der Waals surface area contributed by atoms with Crippen LogP contribution in [0, 0.1) is 11.8 Å². The highest BCUT2D eigenvalue weighted by Gasteiger charge is 2.30. The van der Waals surface area contributed by atoms with Crippen LogP contribution in [0.3, 0.4) is 0 Å². The maximum absolute atomic E-state index is 11.9. The van der Waals surface area contributed by atoms with E-state index in [4.69, 9.17) is 5.11 Å². The van der Waals surface area contributed by atoms with E-state index < -0.39 is 18.5 Å². The second-order valence-electron chi connectivity index (χ2n) is 3.33. The highest BCUT2D eigenvalue weighted by atomic mass is 32.1. The van der Waals surface area contributed by atoms with Gasteiger partial charge in [0.15, 0.2) is 0 Å². The number of amides is 1. The molecular formula is C11H10F3NO2S. The molecule has 3 nitrogen and oxygen atoms in total. The van der Waals surface area contributed by atoms with Crippen molar-refractivity contribution in [2.24, 2.45) is 0 Å². The van der Waals surface area contributed by atoms with Gasteiger partial charge in [-0.1, -0.05) is 11.8 Å². The highest BCUT2D eigenvalue weighted by molar-refractivity contribution is 7.10. The molecule has 1 heterocycles. The monoisotopic (exact) mass is 277 g/mol. The zero-order valence-electron chi connectivity index (χ0n) is 9.17.